The molecular formula is C26H20F3N5O. The Bertz CT molecular complexity index is 1590. The van der Waals surface area contributed by atoms with E-state index < -0.39 is 11.7 Å². The van der Waals surface area contributed by atoms with Crippen LogP contribution in [-0.4, -0.2) is 24.5 Å². The highest BCUT2D eigenvalue weighted by atomic mass is 19.4. The molecule has 0 spiro atoms. The fraction of sp³-hybridized carbons (Fsp3) is 0.154. The Morgan fingerprint density at radius 3 is 2.54 bits per heavy atom. The van der Waals surface area contributed by atoms with Gasteiger partial charge in [-0.25, -0.2) is 4.68 Å². The van der Waals surface area contributed by atoms with Gasteiger partial charge >= 0.3 is 6.18 Å². The third kappa shape index (κ3) is 4.84. The van der Waals surface area contributed by atoms with Crippen LogP contribution >= 0.6 is 0 Å². The predicted octanol–water partition coefficient (Wildman–Crippen LogP) is 5.12. The van der Waals surface area contributed by atoms with Gasteiger partial charge in [0.1, 0.15) is 0 Å². The Balaban J connectivity index is 1.39. The number of halogens is 3. The summed E-state index contributed by atoms with van der Waals surface area (Å²) in [6.07, 6.45) is 1.57. The summed E-state index contributed by atoms with van der Waals surface area (Å²) in [7, 11) is 1.86. The number of benzene rings is 2. The summed E-state index contributed by atoms with van der Waals surface area (Å²) < 4.78 is 42.3. The molecule has 0 fully saturated rings. The first-order valence-electron chi connectivity index (χ1n) is 10.9. The molecule has 2 aromatic carbocycles. The van der Waals surface area contributed by atoms with Crippen molar-refractivity contribution < 1.29 is 13.2 Å². The van der Waals surface area contributed by atoms with Crippen LogP contribution in [0, 0.1) is 0 Å². The standard InChI is InChI=1S/C26H20F3N5O/c1-33-16-21(15-31-33)20-12-19-11-17(5-6-23(19)30-14-20)9-10-34-25(35)8-7-24(32-34)18-3-2-4-22(13-18)26(27,28)29/h2-8,11-16H,9-10H2,1H3. The van der Waals surface area contributed by atoms with Crippen LogP contribution in [0.2, 0.25) is 0 Å². The van der Waals surface area contributed by atoms with Gasteiger partial charge in [0, 0.05) is 54.1 Å². The van der Waals surface area contributed by atoms with Gasteiger partial charge in [-0.1, -0.05) is 18.2 Å². The zero-order chi connectivity index (χ0) is 24.6. The van der Waals surface area contributed by atoms with Crippen molar-refractivity contribution in [3.8, 4) is 22.4 Å². The molecule has 3 heterocycles. The predicted molar refractivity (Wildman–Crippen MR) is 127 cm³/mol. The molecule has 0 atom stereocenters. The van der Waals surface area contributed by atoms with Crippen LogP contribution < -0.4 is 5.56 Å². The lowest BCUT2D eigenvalue weighted by Gasteiger charge is -2.10. The van der Waals surface area contributed by atoms with Crippen molar-refractivity contribution in [3.63, 3.8) is 0 Å². The maximum Gasteiger partial charge on any atom is 0.416 e. The summed E-state index contributed by atoms with van der Waals surface area (Å²) in [6, 6.07) is 15.6. The van der Waals surface area contributed by atoms with Crippen LogP contribution in [0.5, 0.6) is 0 Å². The molecule has 0 aliphatic rings. The second-order valence-electron chi connectivity index (χ2n) is 8.26. The van der Waals surface area contributed by atoms with Crippen LogP contribution in [0.3, 0.4) is 0 Å². The first-order chi connectivity index (χ1) is 16.8. The van der Waals surface area contributed by atoms with Crippen molar-refractivity contribution in [3.05, 3.63) is 101 Å². The number of fused-ring (bicyclic) bond motifs is 1. The Hall–Kier alpha value is -4.27. The first kappa shape index (κ1) is 22.5. The minimum Gasteiger partial charge on any atom is -0.275 e. The van der Waals surface area contributed by atoms with Crippen molar-refractivity contribution >= 4 is 10.9 Å². The van der Waals surface area contributed by atoms with Gasteiger partial charge in [-0.3, -0.25) is 14.5 Å². The fourth-order valence-corrected chi connectivity index (χ4v) is 3.92. The number of rotatable bonds is 5. The third-order valence-electron chi connectivity index (χ3n) is 5.75. The van der Waals surface area contributed by atoms with Gasteiger partial charge in [0.05, 0.1) is 23.0 Å². The number of aryl methyl sites for hydroxylation is 3. The molecule has 0 aliphatic heterocycles. The van der Waals surface area contributed by atoms with E-state index >= 15 is 0 Å². The van der Waals surface area contributed by atoms with E-state index in [1.807, 2.05) is 43.7 Å². The average molecular weight is 475 g/mol. The molecule has 176 valence electrons. The molecule has 6 nitrogen and oxygen atoms in total. The molecule has 3 aromatic heterocycles. The van der Waals surface area contributed by atoms with E-state index in [1.165, 1.54) is 22.9 Å². The van der Waals surface area contributed by atoms with Crippen molar-refractivity contribution in [2.75, 3.05) is 0 Å². The molecule has 5 aromatic rings. The lowest BCUT2D eigenvalue weighted by molar-refractivity contribution is -0.137. The van der Waals surface area contributed by atoms with Crippen LogP contribution in [0.25, 0.3) is 33.3 Å². The smallest absolute Gasteiger partial charge is 0.275 e. The summed E-state index contributed by atoms with van der Waals surface area (Å²) in [5.74, 6) is 0. The highest BCUT2D eigenvalue weighted by molar-refractivity contribution is 5.83. The SMILES string of the molecule is Cn1cc(-c2cnc3ccc(CCn4nc(-c5cccc(C(F)(F)F)c5)ccc4=O)cc3c2)cn1. The van der Waals surface area contributed by atoms with Gasteiger partial charge in [0.15, 0.2) is 0 Å². The first-order valence-corrected chi connectivity index (χ1v) is 10.9. The number of aromatic nitrogens is 5. The maximum absolute atomic E-state index is 13.1. The minimum atomic E-state index is -4.45. The zero-order valence-corrected chi connectivity index (χ0v) is 18.7. The monoisotopic (exact) mass is 475 g/mol. The second kappa shape index (κ2) is 8.83. The van der Waals surface area contributed by atoms with Crippen molar-refractivity contribution in [2.45, 2.75) is 19.1 Å². The number of alkyl halides is 3. The molecule has 0 bridgehead atoms. The maximum atomic E-state index is 13.1. The highest BCUT2D eigenvalue weighted by Crippen LogP contribution is 2.31. The van der Waals surface area contributed by atoms with Crippen LogP contribution in [0.1, 0.15) is 11.1 Å². The highest BCUT2D eigenvalue weighted by Gasteiger charge is 2.30. The number of hydrogen-bond donors (Lipinski definition) is 0. The zero-order valence-electron chi connectivity index (χ0n) is 18.7. The van der Waals surface area contributed by atoms with Gasteiger partial charge < -0.3 is 0 Å². The largest absolute Gasteiger partial charge is 0.416 e. The Labute approximate surface area is 198 Å². The van der Waals surface area contributed by atoms with Crippen molar-refractivity contribution in [2.24, 2.45) is 7.05 Å². The molecule has 0 N–H and O–H groups in total. The van der Waals surface area contributed by atoms with E-state index in [0.29, 0.717) is 17.7 Å². The topological polar surface area (TPSA) is 65.6 Å². The molecular weight excluding hydrogens is 455 g/mol. The lowest BCUT2D eigenvalue weighted by atomic mass is 10.0. The van der Waals surface area contributed by atoms with Crippen molar-refractivity contribution in [1.29, 1.82) is 0 Å². The summed E-state index contributed by atoms with van der Waals surface area (Å²) in [5.41, 5.74) is 3.28. The molecule has 35 heavy (non-hydrogen) atoms. The summed E-state index contributed by atoms with van der Waals surface area (Å²) in [6.45, 7) is 0.285. The van der Waals surface area contributed by atoms with Crippen LogP contribution in [0.15, 0.2) is 84.0 Å². The molecule has 0 unspecified atom stereocenters. The molecule has 0 amide bonds. The number of hydrogen-bond acceptors (Lipinski definition) is 4. The second-order valence-corrected chi connectivity index (χ2v) is 8.26. The number of nitrogens with zero attached hydrogens (tertiary/aromatic N) is 5. The molecule has 0 aliphatic carbocycles. The lowest BCUT2D eigenvalue weighted by Crippen LogP contribution is -2.23. The van der Waals surface area contributed by atoms with E-state index in [1.54, 1.807) is 16.9 Å². The van der Waals surface area contributed by atoms with Gasteiger partial charge in [-0.15, -0.1) is 0 Å². The molecule has 5 rings (SSSR count). The Kier molecular flexibility index (Phi) is 5.68. The van der Waals surface area contributed by atoms with E-state index in [0.717, 1.165) is 39.7 Å². The van der Waals surface area contributed by atoms with E-state index in [4.69, 9.17) is 0 Å². The quantitative estimate of drug-likeness (QED) is 0.354. The molecule has 9 heteroatoms. The number of pyridine rings is 1. The Morgan fingerprint density at radius 2 is 1.77 bits per heavy atom. The molecule has 0 saturated carbocycles. The van der Waals surface area contributed by atoms with Gasteiger partial charge in [0.25, 0.3) is 5.56 Å². The molecule has 0 radical (unpaired) electrons. The molecule has 0 saturated heterocycles. The Morgan fingerprint density at radius 1 is 0.914 bits per heavy atom. The van der Waals surface area contributed by atoms with E-state index in [-0.39, 0.29) is 12.1 Å². The minimum absolute atomic E-state index is 0.285. The summed E-state index contributed by atoms with van der Waals surface area (Å²) >= 11 is 0. The van der Waals surface area contributed by atoms with Crippen molar-refractivity contribution in [1.82, 2.24) is 24.5 Å². The normalized spacial score (nSPS) is 11.8. The van der Waals surface area contributed by atoms with Gasteiger partial charge in [-0.05, 0) is 48.4 Å². The van der Waals surface area contributed by atoms with Crippen LogP contribution in [-0.2, 0) is 26.2 Å². The van der Waals surface area contributed by atoms with E-state index in [2.05, 4.69) is 15.2 Å². The summed E-state index contributed by atoms with van der Waals surface area (Å²) in [4.78, 5) is 16.9. The fourth-order valence-electron chi connectivity index (χ4n) is 3.92. The average Bonchev–Trinajstić information content (AvgIpc) is 3.29. The third-order valence-corrected chi connectivity index (χ3v) is 5.75. The summed E-state index contributed by atoms with van der Waals surface area (Å²) in [5, 5.41) is 9.48. The van der Waals surface area contributed by atoms with Crippen LogP contribution in [0.4, 0.5) is 13.2 Å². The van der Waals surface area contributed by atoms with Gasteiger partial charge in [-0.2, -0.15) is 23.4 Å². The van der Waals surface area contributed by atoms with Gasteiger partial charge in [0.2, 0.25) is 0 Å². The van der Waals surface area contributed by atoms with E-state index in [9.17, 15) is 18.0 Å².